The summed E-state index contributed by atoms with van der Waals surface area (Å²) in [6.07, 6.45) is 5.90. The van der Waals surface area contributed by atoms with Crippen LogP contribution in [0.25, 0.3) is 0 Å². The molecule has 7 unspecified atom stereocenters. The summed E-state index contributed by atoms with van der Waals surface area (Å²) in [4.78, 5) is 0. The average molecular weight is 353 g/mol. The van der Waals surface area contributed by atoms with Crippen LogP contribution in [-0.4, -0.2) is 87.3 Å². The Labute approximate surface area is 147 Å². The monoisotopic (exact) mass is 353 g/mol. The lowest BCUT2D eigenvalue weighted by Crippen LogP contribution is -2.61. The third-order valence-electron chi connectivity index (χ3n) is 6.47. The molecule has 1 N–H and O–H groups in total. The Morgan fingerprint density at radius 3 is 1.84 bits per heavy atom. The van der Waals surface area contributed by atoms with Crippen LogP contribution in [0.1, 0.15) is 25.7 Å². The van der Waals surface area contributed by atoms with E-state index in [-0.39, 0.29) is 17.2 Å². The molecule has 6 heterocycles. The van der Waals surface area contributed by atoms with Crippen molar-refractivity contribution in [3.63, 3.8) is 0 Å². The average Bonchev–Trinajstić information content (AvgIpc) is 3.41. The molecule has 7 nitrogen and oxygen atoms in total. The van der Waals surface area contributed by atoms with Crippen LogP contribution < -0.4 is 5.32 Å². The molecule has 6 fully saturated rings. The molecule has 0 radical (unpaired) electrons. The highest BCUT2D eigenvalue weighted by molar-refractivity contribution is 5.23. The molecule has 6 rings (SSSR count). The van der Waals surface area contributed by atoms with Gasteiger partial charge in [0.05, 0.1) is 75.2 Å². The van der Waals surface area contributed by atoms with Gasteiger partial charge in [-0.3, -0.25) is 0 Å². The number of hydrogen-bond acceptors (Lipinski definition) is 7. The predicted molar refractivity (Wildman–Crippen MR) is 85.5 cm³/mol. The normalized spacial score (nSPS) is 50.9. The van der Waals surface area contributed by atoms with Crippen molar-refractivity contribution >= 4 is 0 Å². The molecule has 0 aromatic carbocycles. The lowest BCUT2D eigenvalue weighted by atomic mass is 9.71. The Morgan fingerprint density at radius 1 is 0.760 bits per heavy atom. The maximum absolute atomic E-state index is 6.51. The van der Waals surface area contributed by atoms with E-state index in [1.54, 1.807) is 0 Å². The van der Waals surface area contributed by atoms with E-state index in [1.807, 2.05) is 0 Å². The lowest BCUT2D eigenvalue weighted by molar-refractivity contribution is 0.0868. The summed E-state index contributed by atoms with van der Waals surface area (Å²) in [6, 6.07) is 0. The first-order valence-electron chi connectivity index (χ1n) is 9.76. The van der Waals surface area contributed by atoms with Gasteiger partial charge in [-0.25, -0.2) is 0 Å². The van der Waals surface area contributed by atoms with E-state index >= 15 is 0 Å². The molecule has 0 spiro atoms. The van der Waals surface area contributed by atoms with Crippen molar-refractivity contribution in [3.8, 4) is 0 Å². The first-order valence-corrected chi connectivity index (χ1v) is 9.76. The smallest absolute Gasteiger partial charge is 0.116 e. The van der Waals surface area contributed by atoms with Crippen LogP contribution in [0.5, 0.6) is 0 Å². The highest BCUT2D eigenvalue weighted by atomic mass is 16.6. The van der Waals surface area contributed by atoms with Gasteiger partial charge in [0.2, 0.25) is 0 Å². The minimum absolute atomic E-state index is 0.132. The van der Waals surface area contributed by atoms with Crippen molar-refractivity contribution in [2.75, 3.05) is 39.6 Å². The van der Waals surface area contributed by atoms with E-state index in [0.29, 0.717) is 30.5 Å². The van der Waals surface area contributed by atoms with Crippen LogP contribution in [-0.2, 0) is 28.4 Å². The number of ether oxygens (including phenoxy) is 6. The fourth-order valence-electron chi connectivity index (χ4n) is 4.59. The van der Waals surface area contributed by atoms with Gasteiger partial charge in [0.25, 0.3) is 0 Å². The molecule has 6 saturated heterocycles. The van der Waals surface area contributed by atoms with E-state index < -0.39 is 0 Å². The first-order chi connectivity index (χ1) is 12.2. The SMILES string of the molecule is C(NC(CC1CO1)(CC1CO1)C1(CC2CO2)OC1CC1CO1)C1CO1. The van der Waals surface area contributed by atoms with E-state index in [9.17, 15) is 0 Å². The van der Waals surface area contributed by atoms with Gasteiger partial charge in [-0.15, -0.1) is 0 Å². The quantitative estimate of drug-likeness (QED) is 0.495. The Bertz CT molecular complexity index is 512. The van der Waals surface area contributed by atoms with Gasteiger partial charge in [0.1, 0.15) is 5.60 Å². The predicted octanol–water partition coefficient (Wildman–Crippen LogP) is 0.00680. The summed E-state index contributed by atoms with van der Waals surface area (Å²) >= 11 is 0. The van der Waals surface area contributed by atoms with Gasteiger partial charge in [0, 0.05) is 19.4 Å². The van der Waals surface area contributed by atoms with Gasteiger partial charge in [-0.1, -0.05) is 0 Å². The van der Waals surface area contributed by atoms with Crippen molar-refractivity contribution in [2.24, 2.45) is 0 Å². The van der Waals surface area contributed by atoms with E-state index in [1.165, 1.54) is 0 Å². The van der Waals surface area contributed by atoms with Gasteiger partial charge in [-0.05, 0) is 12.8 Å². The molecule has 0 bridgehead atoms. The highest BCUT2D eigenvalue weighted by Gasteiger charge is 2.71. The minimum atomic E-state index is -0.188. The molecule has 0 amide bonds. The molecule has 0 aromatic rings. The number of hydrogen-bond donors (Lipinski definition) is 1. The summed E-state index contributed by atoms with van der Waals surface area (Å²) < 4.78 is 34.3. The van der Waals surface area contributed by atoms with Crippen LogP contribution >= 0.6 is 0 Å². The molecule has 6 aliphatic heterocycles. The fraction of sp³-hybridized carbons (Fsp3) is 1.00. The van der Waals surface area contributed by atoms with Crippen molar-refractivity contribution < 1.29 is 28.4 Å². The molecule has 7 heteroatoms. The van der Waals surface area contributed by atoms with Gasteiger partial charge < -0.3 is 33.7 Å². The summed E-state index contributed by atoms with van der Waals surface area (Å²) in [7, 11) is 0. The zero-order chi connectivity index (χ0) is 16.5. The van der Waals surface area contributed by atoms with Crippen LogP contribution in [0, 0.1) is 0 Å². The number of rotatable bonds is 12. The molecule has 140 valence electrons. The molecule has 0 aromatic heterocycles. The zero-order valence-electron chi connectivity index (χ0n) is 14.5. The van der Waals surface area contributed by atoms with Crippen molar-refractivity contribution in [1.29, 1.82) is 0 Å². The Kier molecular flexibility index (Phi) is 3.53. The largest absolute Gasteiger partial charge is 0.373 e. The number of nitrogens with one attached hydrogen (secondary N) is 1. The minimum Gasteiger partial charge on any atom is -0.373 e. The second kappa shape index (κ2) is 5.61. The van der Waals surface area contributed by atoms with Gasteiger partial charge >= 0.3 is 0 Å². The van der Waals surface area contributed by atoms with Crippen molar-refractivity contribution in [1.82, 2.24) is 5.32 Å². The van der Waals surface area contributed by atoms with Crippen LogP contribution in [0.4, 0.5) is 0 Å². The Hall–Kier alpha value is -0.280. The number of epoxide rings is 6. The summed E-state index contributed by atoms with van der Waals surface area (Å²) in [5.74, 6) is 0. The lowest BCUT2D eigenvalue weighted by Gasteiger charge is -2.40. The van der Waals surface area contributed by atoms with Crippen LogP contribution in [0.15, 0.2) is 0 Å². The summed E-state index contributed by atoms with van der Waals surface area (Å²) in [5, 5.41) is 3.89. The van der Waals surface area contributed by atoms with E-state index in [0.717, 1.165) is 65.3 Å². The maximum atomic E-state index is 6.51. The highest BCUT2D eigenvalue weighted by Crippen LogP contribution is 2.57. The topological polar surface area (TPSA) is 87.2 Å². The third-order valence-corrected chi connectivity index (χ3v) is 6.47. The third kappa shape index (κ3) is 3.36. The maximum Gasteiger partial charge on any atom is 0.116 e. The van der Waals surface area contributed by atoms with Gasteiger partial charge in [-0.2, -0.15) is 0 Å². The molecular weight excluding hydrogens is 326 g/mol. The van der Waals surface area contributed by atoms with E-state index in [4.69, 9.17) is 28.4 Å². The molecule has 6 aliphatic rings. The van der Waals surface area contributed by atoms with Crippen molar-refractivity contribution in [2.45, 2.75) is 73.4 Å². The second-order valence-corrected chi connectivity index (χ2v) is 8.58. The standard InChI is InChI=1S/C18H27NO6/c1(11-6-20-11)16-18(25-16,4-14-9-23-14)17(2-12-7-21-12,3-13-8-22-13)19-5-15-10-24-15/h11-16,19H,1-10H2. The van der Waals surface area contributed by atoms with E-state index in [2.05, 4.69) is 5.32 Å². The Balaban J connectivity index is 1.28. The van der Waals surface area contributed by atoms with Crippen LogP contribution in [0.2, 0.25) is 0 Å². The summed E-state index contributed by atoms with van der Waals surface area (Å²) in [6.45, 7) is 5.20. The van der Waals surface area contributed by atoms with Gasteiger partial charge in [0.15, 0.2) is 0 Å². The summed E-state index contributed by atoms with van der Waals surface area (Å²) in [5.41, 5.74) is -0.320. The molecule has 7 atom stereocenters. The zero-order valence-corrected chi connectivity index (χ0v) is 14.5. The molecule has 0 aliphatic carbocycles. The first kappa shape index (κ1) is 15.7. The van der Waals surface area contributed by atoms with Crippen molar-refractivity contribution in [3.05, 3.63) is 0 Å². The Morgan fingerprint density at radius 2 is 1.32 bits per heavy atom. The second-order valence-electron chi connectivity index (χ2n) is 8.58. The fourth-order valence-corrected chi connectivity index (χ4v) is 4.59. The molecular formula is C18H27NO6. The molecule has 0 saturated carbocycles. The van der Waals surface area contributed by atoms with Crippen LogP contribution in [0.3, 0.4) is 0 Å². The molecule has 25 heavy (non-hydrogen) atoms.